The summed E-state index contributed by atoms with van der Waals surface area (Å²) in [6.45, 7) is 4.96. The number of aliphatic hydroxyl groups is 1. The average molecular weight is 447 g/mol. The summed E-state index contributed by atoms with van der Waals surface area (Å²) in [5, 5.41) is 17.3. The maximum atomic E-state index is 10.1. The van der Waals surface area contributed by atoms with Crippen molar-refractivity contribution in [2.75, 3.05) is 31.2 Å². The number of rotatable bonds is 4. The fourth-order valence-electron chi connectivity index (χ4n) is 4.79. The highest BCUT2D eigenvalue weighted by Crippen LogP contribution is 2.26. The number of para-hydroxylation sites is 2. The van der Waals surface area contributed by atoms with E-state index in [0.29, 0.717) is 12.6 Å². The van der Waals surface area contributed by atoms with E-state index in [1.807, 2.05) is 41.8 Å². The van der Waals surface area contributed by atoms with Gasteiger partial charge in [0.05, 0.1) is 48.2 Å². The Morgan fingerprint density at radius 2 is 1.82 bits per heavy atom. The van der Waals surface area contributed by atoms with Crippen molar-refractivity contribution in [1.29, 1.82) is 0 Å². The first kappa shape index (κ1) is 20.5. The number of hydrogen-bond acceptors (Lipinski definition) is 7. The Labute approximate surface area is 191 Å². The number of ether oxygens (including phenoxy) is 1. The molecule has 0 saturated carbocycles. The number of aliphatic hydroxyl groups excluding tert-OH is 1. The number of quaternary nitrogens is 1. The Morgan fingerprint density at radius 3 is 2.58 bits per heavy atom. The van der Waals surface area contributed by atoms with Crippen molar-refractivity contribution in [3.8, 4) is 11.4 Å². The molecule has 2 fully saturated rings. The number of β-amino-alcohol motifs (C(OH)–C–C–N with tert-alkyl or cyclic N) is 1. The van der Waals surface area contributed by atoms with Crippen LogP contribution >= 0.6 is 0 Å². The van der Waals surface area contributed by atoms with Gasteiger partial charge in [-0.05, 0) is 25.5 Å². The van der Waals surface area contributed by atoms with E-state index in [1.54, 1.807) is 0 Å². The van der Waals surface area contributed by atoms with E-state index in [1.165, 1.54) is 0 Å². The minimum absolute atomic E-state index is 0.304. The topological polar surface area (TPSA) is 105 Å². The van der Waals surface area contributed by atoms with Gasteiger partial charge in [0.25, 0.3) is 0 Å². The third-order valence-corrected chi connectivity index (χ3v) is 6.59. The molecule has 0 bridgehead atoms. The second-order valence-corrected chi connectivity index (χ2v) is 8.99. The summed E-state index contributed by atoms with van der Waals surface area (Å²) in [4.78, 5) is 16.7. The van der Waals surface area contributed by atoms with Crippen LogP contribution in [0.1, 0.15) is 25.0 Å². The van der Waals surface area contributed by atoms with Crippen molar-refractivity contribution in [1.82, 2.24) is 24.6 Å². The van der Waals surface area contributed by atoms with Crippen molar-refractivity contribution in [3.05, 3.63) is 42.1 Å². The van der Waals surface area contributed by atoms with E-state index in [-0.39, 0.29) is 6.10 Å². The van der Waals surface area contributed by atoms with Gasteiger partial charge in [-0.3, -0.25) is 5.32 Å². The van der Waals surface area contributed by atoms with Gasteiger partial charge < -0.3 is 14.7 Å². The molecular formula is C24H28N7O2+. The molecule has 4 aromatic rings. The SMILES string of the molecule is Cc1nc2ccccc2nc1-c1cc2nc(N3CC[C@H](O)C3)cc([NH2+]C3CCOCC3)n2n1. The van der Waals surface area contributed by atoms with Crippen LogP contribution in [0.4, 0.5) is 11.6 Å². The molecule has 2 aliphatic heterocycles. The number of hydrogen-bond donors (Lipinski definition) is 2. The van der Waals surface area contributed by atoms with Gasteiger partial charge in [-0.2, -0.15) is 9.61 Å². The van der Waals surface area contributed by atoms with E-state index in [2.05, 4.69) is 16.3 Å². The number of aryl methyl sites for hydroxylation is 1. The first-order valence-corrected chi connectivity index (χ1v) is 11.6. The standard InChI is InChI=1S/C24H27N7O2/c1-15-24(27-19-5-3-2-4-18(19)25-15)20-12-22-28-21(30-9-6-17(32)14-30)13-23(31(22)29-20)26-16-7-10-33-11-8-16/h2-5,12-13,16-17,26,32H,6-11,14H2,1H3/p+1/t17-/m0/s1. The molecule has 0 unspecified atom stereocenters. The second-order valence-electron chi connectivity index (χ2n) is 8.99. The van der Waals surface area contributed by atoms with Crippen molar-refractivity contribution in [3.63, 3.8) is 0 Å². The lowest BCUT2D eigenvalue weighted by atomic mass is 10.1. The Balaban J connectivity index is 1.45. The summed E-state index contributed by atoms with van der Waals surface area (Å²) in [6, 6.07) is 12.4. The Morgan fingerprint density at radius 1 is 1.03 bits per heavy atom. The zero-order valence-electron chi connectivity index (χ0n) is 18.7. The number of nitrogens with zero attached hydrogens (tertiary/aromatic N) is 6. The van der Waals surface area contributed by atoms with Gasteiger partial charge in [0.15, 0.2) is 5.65 Å². The Bertz CT molecular complexity index is 1320. The van der Waals surface area contributed by atoms with Crippen LogP contribution < -0.4 is 10.2 Å². The summed E-state index contributed by atoms with van der Waals surface area (Å²) >= 11 is 0. The molecule has 3 N–H and O–H groups in total. The number of benzene rings is 1. The van der Waals surface area contributed by atoms with Gasteiger partial charge >= 0.3 is 0 Å². The monoisotopic (exact) mass is 446 g/mol. The number of aromatic nitrogens is 5. The van der Waals surface area contributed by atoms with Crippen LogP contribution in [0.15, 0.2) is 36.4 Å². The predicted molar refractivity (Wildman–Crippen MR) is 125 cm³/mol. The van der Waals surface area contributed by atoms with Gasteiger partial charge in [0.2, 0.25) is 5.82 Å². The number of nitrogens with two attached hydrogens (primary N) is 1. The van der Waals surface area contributed by atoms with Crippen molar-refractivity contribution in [2.24, 2.45) is 0 Å². The highest BCUT2D eigenvalue weighted by Gasteiger charge is 2.26. The molecule has 3 aromatic heterocycles. The maximum absolute atomic E-state index is 10.1. The zero-order valence-corrected chi connectivity index (χ0v) is 18.7. The molecule has 0 radical (unpaired) electrons. The van der Waals surface area contributed by atoms with Gasteiger partial charge in [-0.25, -0.2) is 15.0 Å². The number of fused-ring (bicyclic) bond motifs is 2. The minimum atomic E-state index is -0.304. The largest absolute Gasteiger partial charge is 0.391 e. The van der Waals surface area contributed by atoms with Crippen molar-refractivity contribution >= 4 is 28.3 Å². The lowest BCUT2D eigenvalue weighted by Crippen LogP contribution is -2.86. The third-order valence-electron chi connectivity index (χ3n) is 6.59. The summed E-state index contributed by atoms with van der Waals surface area (Å²) in [6.07, 6.45) is 2.47. The molecule has 9 nitrogen and oxygen atoms in total. The average Bonchev–Trinajstić information content (AvgIpc) is 3.45. The van der Waals surface area contributed by atoms with E-state index >= 15 is 0 Å². The first-order valence-electron chi connectivity index (χ1n) is 11.6. The fraction of sp³-hybridized carbons (Fsp3) is 0.417. The van der Waals surface area contributed by atoms with Gasteiger partial charge in [0, 0.05) is 32.0 Å². The summed E-state index contributed by atoms with van der Waals surface area (Å²) in [5.74, 6) is 1.89. The molecule has 6 rings (SSSR count). The van der Waals surface area contributed by atoms with E-state index in [0.717, 1.165) is 84.4 Å². The highest BCUT2D eigenvalue weighted by molar-refractivity contribution is 5.78. The molecule has 33 heavy (non-hydrogen) atoms. The van der Waals surface area contributed by atoms with Gasteiger partial charge in [-0.1, -0.05) is 12.1 Å². The number of anilines is 1. The molecule has 5 heterocycles. The van der Waals surface area contributed by atoms with Crippen molar-refractivity contribution < 1.29 is 15.2 Å². The Hall–Kier alpha value is -3.14. The van der Waals surface area contributed by atoms with E-state index < -0.39 is 0 Å². The van der Waals surface area contributed by atoms with E-state index in [4.69, 9.17) is 24.8 Å². The predicted octanol–water partition coefficient (Wildman–Crippen LogP) is 1.59. The van der Waals surface area contributed by atoms with Crippen LogP contribution in [0.5, 0.6) is 0 Å². The lowest BCUT2D eigenvalue weighted by molar-refractivity contribution is -0.620. The quantitative estimate of drug-likeness (QED) is 0.490. The molecule has 9 heteroatoms. The third kappa shape index (κ3) is 3.92. The van der Waals surface area contributed by atoms with E-state index in [9.17, 15) is 5.11 Å². The van der Waals surface area contributed by atoms with Crippen molar-refractivity contribution in [2.45, 2.75) is 38.3 Å². The normalized spacial score (nSPS) is 19.7. The molecule has 0 spiro atoms. The molecule has 1 atom stereocenters. The van der Waals surface area contributed by atoms with Crippen LogP contribution in [0.25, 0.3) is 28.1 Å². The van der Waals surface area contributed by atoms with Crippen LogP contribution in [0.2, 0.25) is 0 Å². The van der Waals surface area contributed by atoms with Crippen LogP contribution in [-0.2, 0) is 4.74 Å². The molecule has 1 aromatic carbocycles. The van der Waals surface area contributed by atoms with Gasteiger partial charge in [0.1, 0.15) is 17.2 Å². The minimum Gasteiger partial charge on any atom is -0.391 e. The summed E-state index contributed by atoms with van der Waals surface area (Å²) in [7, 11) is 0. The molecule has 170 valence electrons. The molecule has 0 aliphatic carbocycles. The smallest absolute Gasteiger partial charge is 0.231 e. The second kappa shape index (κ2) is 8.33. The maximum Gasteiger partial charge on any atom is 0.231 e. The molecule has 0 amide bonds. The summed E-state index contributed by atoms with van der Waals surface area (Å²) < 4.78 is 7.46. The Kier molecular flexibility index (Phi) is 5.17. The van der Waals surface area contributed by atoms with Crippen LogP contribution in [-0.4, -0.2) is 68.1 Å². The zero-order chi connectivity index (χ0) is 22.4. The first-order chi connectivity index (χ1) is 16.1. The highest BCUT2D eigenvalue weighted by atomic mass is 16.5. The fourth-order valence-corrected chi connectivity index (χ4v) is 4.79. The lowest BCUT2D eigenvalue weighted by Gasteiger charge is -2.21. The van der Waals surface area contributed by atoms with Crippen LogP contribution in [0.3, 0.4) is 0 Å². The molecule has 2 saturated heterocycles. The van der Waals surface area contributed by atoms with Crippen LogP contribution in [0, 0.1) is 6.92 Å². The van der Waals surface area contributed by atoms with Gasteiger partial charge in [-0.15, -0.1) is 0 Å². The molecule has 2 aliphatic rings. The summed E-state index contributed by atoms with van der Waals surface area (Å²) in [5.41, 5.74) is 4.88. The molecular weight excluding hydrogens is 418 g/mol.